The van der Waals surface area contributed by atoms with Gasteiger partial charge in [0, 0.05) is 29.6 Å². The highest BCUT2D eigenvalue weighted by atomic mass is 16.2. The normalized spacial score (nSPS) is 17.4. The minimum Gasteiger partial charge on any atom is -0.293 e. The fraction of sp³-hybridized carbons (Fsp3) is 0.167. The Balaban J connectivity index is 1.65. The fourth-order valence-corrected chi connectivity index (χ4v) is 2.58. The van der Waals surface area contributed by atoms with E-state index in [1.54, 1.807) is 24.5 Å². The van der Waals surface area contributed by atoms with E-state index in [9.17, 15) is 9.59 Å². The van der Waals surface area contributed by atoms with Gasteiger partial charge >= 0.3 is 0 Å². The van der Waals surface area contributed by atoms with Gasteiger partial charge in [-0.1, -0.05) is 36.4 Å². The molecule has 1 aliphatic rings. The van der Waals surface area contributed by atoms with Crippen molar-refractivity contribution >= 4 is 17.8 Å². The Bertz CT molecular complexity index is 756. The molecule has 1 heterocycles. The summed E-state index contributed by atoms with van der Waals surface area (Å²) in [6.07, 6.45) is 6.94. The van der Waals surface area contributed by atoms with Gasteiger partial charge < -0.3 is 0 Å². The number of hydrogen-bond donors (Lipinski definition) is 2. The number of carbonyl (C=O) groups is 2. The lowest BCUT2D eigenvalue weighted by atomic mass is 9.85. The molecular weight excluding hydrogens is 290 g/mol. The van der Waals surface area contributed by atoms with Crippen molar-refractivity contribution in [3.05, 3.63) is 71.6 Å². The van der Waals surface area contributed by atoms with E-state index < -0.39 is 0 Å². The van der Waals surface area contributed by atoms with Crippen LogP contribution >= 0.6 is 0 Å². The van der Waals surface area contributed by atoms with Crippen molar-refractivity contribution in [2.45, 2.75) is 13.0 Å². The second kappa shape index (κ2) is 6.54. The summed E-state index contributed by atoms with van der Waals surface area (Å²) >= 11 is 0. The molecule has 0 saturated carbocycles. The van der Waals surface area contributed by atoms with Gasteiger partial charge in [-0.05, 0) is 24.6 Å². The maximum atomic E-state index is 12.6. The Morgan fingerprint density at radius 3 is 2.70 bits per heavy atom. The van der Waals surface area contributed by atoms with E-state index in [1.165, 1.54) is 0 Å². The minimum atomic E-state index is -0.317. The van der Waals surface area contributed by atoms with Crippen molar-refractivity contribution in [3.63, 3.8) is 0 Å². The average molecular weight is 307 g/mol. The van der Waals surface area contributed by atoms with Gasteiger partial charge in [0.15, 0.2) is 5.78 Å². The zero-order valence-electron chi connectivity index (χ0n) is 12.7. The maximum absolute atomic E-state index is 12.6. The third-order valence-electron chi connectivity index (χ3n) is 3.91. The van der Waals surface area contributed by atoms with Gasteiger partial charge in [0.2, 0.25) is 0 Å². The highest BCUT2D eigenvalue weighted by Gasteiger charge is 2.28. The lowest BCUT2D eigenvalue weighted by Gasteiger charge is -2.25. The minimum absolute atomic E-state index is 0.0567. The molecule has 2 atom stereocenters. The number of pyridine rings is 1. The molecule has 1 aromatic carbocycles. The summed E-state index contributed by atoms with van der Waals surface area (Å²) in [5.74, 6) is -0.518. The molecule has 0 aliphatic heterocycles. The second-order valence-electron chi connectivity index (χ2n) is 5.46. The first-order valence-corrected chi connectivity index (χ1v) is 7.44. The number of nitrogens with one attached hydrogen (secondary N) is 2. The number of ketones is 1. The average Bonchev–Trinajstić information content (AvgIpc) is 2.60. The van der Waals surface area contributed by atoms with Crippen molar-refractivity contribution in [1.82, 2.24) is 15.8 Å². The number of benzene rings is 1. The number of amides is 1. The van der Waals surface area contributed by atoms with Gasteiger partial charge in [-0.25, -0.2) is 5.43 Å². The summed E-state index contributed by atoms with van der Waals surface area (Å²) in [4.78, 5) is 28.4. The number of Topliss-reactive ketones (excluding diaryl/α,β-unsaturated/α-hetero) is 1. The Morgan fingerprint density at radius 2 is 1.91 bits per heavy atom. The van der Waals surface area contributed by atoms with Crippen LogP contribution in [0.15, 0.2) is 54.9 Å². The second-order valence-corrected chi connectivity index (χ2v) is 5.46. The van der Waals surface area contributed by atoms with Crippen LogP contribution in [0.1, 0.15) is 33.2 Å². The highest BCUT2D eigenvalue weighted by Crippen LogP contribution is 2.24. The third kappa shape index (κ3) is 3.19. The number of aromatic nitrogens is 1. The summed E-state index contributed by atoms with van der Waals surface area (Å²) in [6.45, 7) is 1.87. The smallest absolute Gasteiger partial charge is 0.265 e. The molecule has 0 radical (unpaired) electrons. The lowest BCUT2D eigenvalue weighted by Crippen LogP contribution is -2.48. The maximum Gasteiger partial charge on any atom is 0.265 e. The first-order valence-electron chi connectivity index (χ1n) is 7.44. The molecular formula is C18H17N3O2. The van der Waals surface area contributed by atoms with Crippen LogP contribution in [0.4, 0.5) is 0 Å². The van der Waals surface area contributed by atoms with Crippen LogP contribution in [-0.2, 0) is 0 Å². The number of rotatable bonds is 4. The summed E-state index contributed by atoms with van der Waals surface area (Å²) in [5.41, 5.74) is 7.72. The fourth-order valence-electron chi connectivity index (χ4n) is 2.58. The number of carbonyl (C=O) groups excluding carboxylic acids is 2. The molecule has 1 aromatic heterocycles. The number of hydrazine groups is 1. The Morgan fingerprint density at radius 1 is 1.17 bits per heavy atom. The molecule has 0 fully saturated rings. The summed E-state index contributed by atoms with van der Waals surface area (Å²) in [6, 6.07) is 10.6. The van der Waals surface area contributed by atoms with Crippen LogP contribution in [0.25, 0.3) is 6.08 Å². The van der Waals surface area contributed by atoms with E-state index in [4.69, 9.17) is 0 Å². The molecule has 1 amide bonds. The molecule has 0 spiro atoms. The number of nitrogens with zero attached hydrogens (tertiary/aromatic N) is 1. The topological polar surface area (TPSA) is 71.1 Å². The largest absolute Gasteiger partial charge is 0.293 e. The quantitative estimate of drug-likeness (QED) is 0.850. The van der Waals surface area contributed by atoms with E-state index in [0.717, 1.165) is 5.56 Å². The lowest BCUT2D eigenvalue weighted by molar-refractivity contribution is 0.0875. The standard InChI is InChI=1S/C18H17N3O2/c1-12(20-21-18(23)14-8-10-19-11-9-14)15-7-6-13-4-2-3-5-16(13)17(15)22/h2-12,15,20H,1H3,(H,21,23). The van der Waals surface area contributed by atoms with Gasteiger partial charge in [-0.3, -0.25) is 20.0 Å². The number of fused-ring (bicyclic) bond motifs is 1. The van der Waals surface area contributed by atoms with Crippen LogP contribution in [0.2, 0.25) is 0 Å². The Kier molecular flexibility index (Phi) is 4.30. The zero-order valence-corrected chi connectivity index (χ0v) is 12.7. The SMILES string of the molecule is CC(NNC(=O)c1ccncc1)C1C=Cc2ccccc2C1=O. The van der Waals surface area contributed by atoms with Crippen LogP contribution in [0.5, 0.6) is 0 Å². The van der Waals surface area contributed by atoms with E-state index in [-0.39, 0.29) is 23.7 Å². The van der Waals surface area contributed by atoms with Gasteiger partial charge in [-0.2, -0.15) is 0 Å². The molecule has 3 rings (SSSR count). The van der Waals surface area contributed by atoms with Crippen molar-refractivity contribution in [2.24, 2.45) is 5.92 Å². The van der Waals surface area contributed by atoms with Gasteiger partial charge in [0.05, 0.1) is 5.92 Å². The van der Waals surface area contributed by atoms with Gasteiger partial charge in [0.25, 0.3) is 5.91 Å². The van der Waals surface area contributed by atoms with Crippen molar-refractivity contribution in [1.29, 1.82) is 0 Å². The molecule has 2 unspecified atom stereocenters. The summed E-state index contributed by atoms with van der Waals surface area (Å²) in [7, 11) is 0. The van der Waals surface area contributed by atoms with Crippen LogP contribution < -0.4 is 10.9 Å². The van der Waals surface area contributed by atoms with Gasteiger partial charge in [0.1, 0.15) is 0 Å². The third-order valence-corrected chi connectivity index (χ3v) is 3.91. The molecule has 0 saturated heterocycles. The zero-order chi connectivity index (χ0) is 16.2. The highest BCUT2D eigenvalue weighted by molar-refractivity contribution is 6.04. The monoisotopic (exact) mass is 307 g/mol. The summed E-state index contributed by atoms with van der Waals surface area (Å²) < 4.78 is 0. The molecule has 1 aliphatic carbocycles. The van der Waals surface area contributed by atoms with Crippen LogP contribution in [-0.4, -0.2) is 22.7 Å². The Labute approximate surface area is 134 Å². The van der Waals surface area contributed by atoms with E-state index in [0.29, 0.717) is 11.1 Å². The Hall–Kier alpha value is -2.79. The predicted molar refractivity (Wildman–Crippen MR) is 87.6 cm³/mol. The first kappa shape index (κ1) is 15.1. The molecule has 2 N–H and O–H groups in total. The van der Waals surface area contributed by atoms with Crippen LogP contribution in [0.3, 0.4) is 0 Å². The van der Waals surface area contributed by atoms with E-state index in [1.807, 2.05) is 43.3 Å². The molecule has 0 bridgehead atoms. The van der Waals surface area contributed by atoms with Crippen molar-refractivity contribution in [3.8, 4) is 0 Å². The number of hydrogen-bond acceptors (Lipinski definition) is 4. The predicted octanol–water partition coefficient (Wildman–Crippen LogP) is 2.23. The molecule has 5 nitrogen and oxygen atoms in total. The molecule has 2 aromatic rings. The molecule has 23 heavy (non-hydrogen) atoms. The first-order chi connectivity index (χ1) is 11.2. The van der Waals surface area contributed by atoms with Crippen molar-refractivity contribution in [2.75, 3.05) is 0 Å². The van der Waals surface area contributed by atoms with Crippen LogP contribution in [0, 0.1) is 5.92 Å². The van der Waals surface area contributed by atoms with E-state index in [2.05, 4.69) is 15.8 Å². The molecule has 5 heteroatoms. The molecule has 116 valence electrons. The summed E-state index contributed by atoms with van der Waals surface area (Å²) in [5, 5.41) is 0. The van der Waals surface area contributed by atoms with Gasteiger partial charge in [-0.15, -0.1) is 0 Å². The van der Waals surface area contributed by atoms with Crippen molar-refractivity contribution < 1.29 is 9.59 Å². The van der Waals surface area contributed by atoms with E-state index >= 15 is 0 Å².